The number of anilines is 2. The highest BCUT2D eigenvalue weighted by molar-refractivity contribution is 6.17. The minimum absolute atomic E-state index is 0.225. The Morgan fingerprint density at radius 3 is 2.00 bits per heavy atom. The first-order valence-electron chi connectivity index (χ1n) is 8.92. The van der Waals surface area contributed by atoms with Gasteiger partial charge in [0.25, 0.3) is 0 Å². The molecule has 0 bridgehead atoms. The first-order chi connectivity index (χ1) is 13.1. The highest BCUT2D eigenvalue weighted by Crippen LogP contribution is 2.48. The lowest BCUT2D eigenvalue weighted by atomic mass is 9.85. The second kappa shape index (κ2) is 6.96. The molecule has 2 aromatic rings. The Morgan fingerprint density at radius 2 is 1.43 bits per heavy atom. The van der Waals surface area contributed by atoms with E-state index in [9.17, 15) is 22.8 Å². The summed E-state index contributed by atoms with van der Waals surface area (Å²) in [6.07, 6.45) is 0.571. The molecule has 7 heteroatoms. The maximum absolute atomic E-state index is 13.8. The topological polar surface area (TPSA) is 58.2 Å². The van der Waals surface area contributed by atoms with Crippen LogP contribution >= 0.6 is 0 Å². The Balaban J connectivity index is 1.80. The van der Waals surface area contributed by atoms with Crippen LogP contribution in [0.3, 0.4) is 0 Å². The minimum atomic E-state index is -1.67. The Hall–Kier alpha value is -2.83. The molecule has 0 atom stereocenters. The molecule has 0 spiro atoms. The van der Waals surface area contributed by atoms with Crippen LogP contribution in [0.2, 0.25) is 0 Å². The summed E-state index contributed by atoms with van der Waals surface area (Å²) in [6, 6.07) is 8.93. The molecule has 2 amide bonds. The molecule has 148 valence electrons. The summed E-state index contributed by atoms with van der Waals surface area (Å²) < 4.78 is 40.3. The molecule has 1 fully saturated rings. The summed E-state index contributed by atoms with van der Waals surface area (Å²) in [7, 11) is 0. The highest BCUT2D eigenvalue weighted by atomic mass is 19.2. The highest BCUT2D eigenvalue weighted by Gasteiger charge is 2.56. The number of carbonyl (C=O) groups is 2. The third-order valence-electron chi connectivity index (χ3n) is 4.89. The van der Waals surface area contributed by atoms with Crippen molar-refractivity contribution < 1.29 is 22.8 Å². The van der Waals surface area contributed by atoms with E-state index in [0.29, 0.717) is 11.8 Å². The average Bonchev–Trinajstić information content (AvgIpc) is 3.44. The normalized spacial score (nSPS) is 15.1. The molecular formula is C21H21F3N2O2. The Morgan fingerprint density at radius 1 is 0.857 bits per heavy atom. The largest absolute Gasteiger partial charge is 0.325 e. The van der Waals surface area contributed by atoms with Gasteiger partial charge in [0.15, 0.2) is 17.5 Å². The van der Waals surface area contributed by atoms with Gasteiger partial charge < -0.3 is 10.6 Å². The summed E-state index contributed by atoms with van der Waals surface area (Å²) in [5.41, 5.74) is -0.581. The zero-order valence-electron chi connectivity index (χ0n) is 15.8. The number of benzene rings is 2. The fourth-order valence-corrected chi connectivity index (χ4v) is 3.03. The second-order valence-corrected chi connectivity index (χ2v) is 8.01. The fraction of sp³-hybridized carbons (Fsp3) is 0.333. The molecule has 0 radical (unpaired) electrons. The SMILES string of the molecule is CC(C)(C)c1ccccc1NC(=O)C1(C(=O)Nc2ccc(F)c(F)c2F)CC1. The van der Waals surface area contributed by atoms with Gasteiger partial charge in [-0.15, -0.1) is 0 Å². The van der Waals surface area contributed by atoms with E-state index in [0.717, 1.165) is 11.6 Å². The molecule has 0 aromatic heterocycles. The Labute approximate surface area is 161 Å². The fourth-order valence-electron chi connectivity index (χ4n) is 3.03. The molecule has 3 rings (SSSR count). The summed E-state index contributed by atoms with van der Waals surface area (Å²) in [5.74, 6) is -5.78. The van der Waals surface area contributed by atoms with Crippen LogP contribution in [-0.4, -0.2) is 11.8 Å². The number of halogens is 3. The van der Waals surface area contributed by atoms with Crippen molar-refractivity contribution in [1.82, 2.24) is 0 Å². The first-order valence-corrected chi connectivity index (χ1v) is 8.92. The van der Waals surface area contributed by atoms with Crippen molar-refractivity contribution >= 4 is 23.2 Å². The van der Waals surface area contributed by atoms with E-state index in [1.807, 2.05) is 32.9 Å². The van der Waals surface area contributed by atoms with Crippen LogP contribution in [-0.2, 0) is 15.0 Å². The molecule has 1 aliphatic carbocycles. The van der Waals surface area contributed by atoms with E-state index in [-0.39, 0.29) is 18.3 Å². The number of nitrogens with one attached hydrogen (secondary N) is 2. The number of hydrogen-bond acceptors (Lipinski definition) is 2. The molecule has 0 aliphatic heterocycles. The van der Waals surface area contributed by atoms with E-state index in [1.54, 1.807) is 12.1 Å². The Bertz CT molecular complexity index is 947. The number of amides is 2. The van der Waals surface area contributed by atoms with Crippen LogP contribution in [0, 0.1) is 22.9 Å². The third-order valence-corrected chi connectivity index (χ3v) is 4.89. The average molecular weight is 390 g/mol. The van der Waals surface area contributed by atoms with Crippen LogP contribution in [0.4, 0.5) is 24.5 Å². The molecule has 0 heterocycles. The molecule has 2 N–H and O–H groups in total. The van der Waals surface area contributed by atoms with Gasteiger partial charge in [-0.25, -0.2) is 13.2 Å². The van der Waals surface area contributed by atoms with Crippen molar-refractivity contribution in [2.45, 2.75) is 39.0 Å². The van der Waals surface area contributed by atoms with Crippen molar-refractivity contribution in [2.24, 2.45) is 5.41 Å². The van der Waals surface area contributed by atoms with Crippen LogP contribution in [0.5, 0.6) is 0 Å². The van der Waals surface area contributed by atoms with Crippen molar-refractivity contribution in [3.8, 4) is 0 Å². The van der Waals surface area contributed by atoms with E-state index >= 15 is 0 Å². The van der Waals surface area contributed by atoms with Gasteiger partial charge in [0.1, 0.15) is 5.41 Å². The van der Waals surface area contributed by atoms with Crippen molar-refractivity contribution in [3.63, 3.8) is 0 Å². The van der Waals surface area contributed by atoms with Crippen molar-refractivity contribution in [3.05, 3.63) is 59.4 Å². The van der Waals surface area contributed by atoms with Crippen molar-refractivity contribution in [1.29, 1.82) is 0 Å². The maximum atomic E-state index is 13.8. The van der Waals surface area contributed by atoms with Gasteiger partial charge >= 0.3 is 0 Å². The quantitative estimate of drug-likeness (QED) is 0.584. The van der Waals surface area contributed by atoms with Crippen LogP contribution in [0.1, 0.15) is 39.2 Å². The maximum Gasteiger partial charge on any atom is 0.240 e. The molecule has 0 saturated heterocycles. The summed E-state index contributed by atoms with van der Waals surface area (Å²) in [5, 5.41) is 5.01. The summed E-state index contributed by atoms with van der Waals surface area (Å²) in [4.78, 5) is 25.4. The number of rotatable bonds is 4. The lowest BCUT2D eigenvalue weighted by Crippen LogP contribution is -2.36. The van der Waals surface area contributed by atoms with Crippen LogP contribution < -0.4 is 10.6 Å². The van der Waals surface area contributed by atoms with E-state index in [2.05, 4.69) is 10.6 Å². The van der Waals surface area contributed by atoms with E-state index in [1.165, 1.54) is 0 Å². The smallest absolute Gasteiger partial charge is 0.240 e. The van der Waals surface area contributed by atoms with Gasteiger partial charge in [0.2, 0.25) is 11.8 Å². The third kappa shape index (κ3) is 3.61. The standard InChI is InChI=1S/C21H21F3N2O2/c1-20(2,3)12-6-4-5-7-14(12)25-18(27)21(10-11-21)19(28)26-15-9-8-13(22)16(23)17(15)24/h4-9H,10-11H2,1-3H3,(H,25,27)(H,26,28). The lowest BCUT2D eigenvalue weighted by molar-refractivity contribution is -0.131. The van der Waals surface area contributed by atoms with Gasteiger partial charge in [-0.3, -0.25) is 9.59 Å². The molecule has 0 unspecified atom stereocenters. The van der Waals surface area contributed by atoms with Gasteiger partial charge in [-0.2, -0.15) is 0 Å². The molecule has 28 heavy (non-hydrogen) atoms. The zero-order valence-corrected chi connectivity index (χ0v) is 15.8. The van der Waals surface area contributed by atoms with Gasteiger partial charge in [0.05, 0.1) is 5.69 Å². The minimum Gasteiger partial charge on any atom is -0.325 e. The monoisotopic (exact) mass is 390 g/mol. The lowest BCUT2D eigenvalue weighted by Gasteiger charge is -2.24. The number of carbonyl (C=O) groups excluding carboxylic acids is 2. The number of hydrogen-bond donors (Lipinski definition) is 2. The second-order valence-electron chi connectivity index (χ2n) is 8.01. The van der Waals surface area contributed by atoms with Crippen LogP contribution in [0.25, 0.3) is 0 Å². The predicted molar refractivity (Wildman–Crippen MR) is 100 cm³/mol. The predicted octanol–water partition coefficient (Wildman–Crippen LogP) is 4.76. The van der Waals surface area contributed by atoms with Gasteiger partial charge in [0, 0.05) is 5.69 Å². The van der Waals surface area contributed by atoms with E-state index < -0.39 is 40.4 Å². The van der Waals surface area contributed by atoms with Crippen molar-refractivity contribution in [2.75, 3.05) is 10.6 Å². The molecule has 2 aromatic carbocycles. The van der Waals surface area contributed by atoms with Crippen LogP contribution in [0.15, 0.2) is 36.4 Å². The summed E-state index contributed by atoms with van der Waals surface area (Å²) in [6.45, 7) is 6.01. The first kappa shape index (κ1) is 19.9. The zero-order chi connectivity index (χ0) is 20.7. The molecule has 4 nitrogen and oxygen atoms in total. The molecule has 1 saturated carbocycles. The Kier molecular flexibility index (Phi) is 4.95. The summed E-state index contributed by atoms with van der Waals surface area (Å²) >= 11 is 0. The molecule has 1 aliphatic rings. The number of para-hydroxylation sites is 1. The van der Waals surface area contributed by atoms with E-state index in [4.69, 9.17) is 0 Å². The van der Waals surface area contributed by atoms with Gasteiger partial charge in [-0.05, 0) is 42.0 Å². The molecular weight excluding hydrogens is 369 g/mol. The van der Waals surface area contributed by atoms with Gasteiger partial charge in [-0.1, -0.05) is 39.0 Å².